The number of amides is 1. The first-order valence-electron chi connectivity index (χ1n) is 7.55. The third-order valence-electron chi connectivity index (χ3n) is 3.17. The molecule has 0 aliphatic rings. The van der Waals surface area contributed by atoms with Crippen molar-refractivity contribution in [2.45, 2.75) is 38.8 Å². The van der Waals surface area contributed by atoms with Crippen LogP contribution in [0.25, 0.3) is 0 Å². The summed E-state index contributed by atoms with van der Waals surface area (Å²) < 4.78 is 15.5. The molecule has 1 rings (SSSR count). The highest BCUT2D eigenvalue weighted by Gasteiger charge is 2.38. The number of hydrogen-bond acceptors (Lipinski definition) is 5. The second-order valence-electron chi connectivity index (χ2n) is 6.42. The molecule has 0 aromatic heterocycles. The number of benzene rings is 1. The number of ether oxygens (including phenoxy) is 3. The summed E-state index contributed by atoms with van der Waals surface area (Å²) in [7, 11) is 1.58. The summed E-state index contributed by atoms with van der Waals surface area (Å²) >= 11 is 0. The summed E-state index contributed by atoms with van der Waals surface area (Å²) in [6, 6.07) is 6.47. The summed E-state index contributed by atoms with van der Waals surface area (Å²) in [4.78, 5) is 23.7. The van der Waals surface area contributed by atoms with Crippen LogP contribution in [0.4, 0.5) is 4.79 Å². The highest BCUT2D eigenvalue weighted by molar-refractivity contribution is 5.85. The predicted molar refractivity (Wildman–Crippen MR) is 88.2 cm³/mol. The predicted octanol–water partition coefficient (Wildman–Crippen LogP) is 2.54. The quantitative estimate of drug-likeness (QED) is 0.742. The smallest absolute Gasteiger partial charge is 0.408 e. The molecule has 24 heavy (non-hydrogen) atoms. The number of aliphatic carboxylic acids is 1. The first-order valence-corrected chi connectivity index (χ1v) is 7.55. The number of carboxylic acids is 1. The van der Waals surface area contributed by atoms with Gasteiger partial charge >= 0.3 is 12.1 Å². The highest BCUT2D eigenvalue weighted by atomic mass is 16.6. The summed E-state index contributed by atoms with van der Waals surface area (Å²) in [5.41, 5.74) is -1.93. The van der Waals surface area contributed by atoms with Crippen molar-refractivity contribution in [2.24, 2.45) is 0 Å². The van der Waals surface area contributed by atoms with Crippen molar-refractivity contribution in [3.05, 3.63) is 29.8 Å². The Hall–Kier alpha value is -2.28. The fourth-order valence-corrected chi connectivity index (χ4v) is 1.88. The van der Waals surface area contributed by atoms with Gasteiger partial charge in [-0.05, 0) is 45.4 Å². The minimum atomic E-state index is -1.62. The van der Waals surface area contributed by atoms with E-state index >= 15 is 0 Å². The van der Waals surface area contributed by atoms with Crippen LogP contribution in [0.1, 0.15) is 33.3 Å². The second kappa shape index (κ2) is 8.01. The Morgan fingerprint density at radius 3 is 2.12 bits per heavy atom. The maximum absolute atomic E-state index is 12.0. The Kier molecular flexibility index (Phi) is 6.60. The number of nitrogens with one attached hydrogen (secondary N) is 1. The van der Waals surface area contributed by atoms with Gasteiger partial charge in [0, 0.05) is 7.11 Å². The molecule has 1 unspecified atom stereocenters. The van der Waals surface area contributed by atoms with E-state index in [0.717, 1.165) is 0 Å². The molecule has 7 nitrogen and oxygen atoms in total. The van der Waals surface area contributed by atoms with Crippen LogP contribution in [0, 0.1) is 0 Å². The molecule has 2 N–H and O–H groups in total. The lowest BCUT2D eigenvalue weighted by atomic mass is 9.92. The van der Waals surface area contributed by atoms with E-state index in [9.17, 15) is 14.7 Å². The number of carbonyl (C=O) groups excluding carboxylic acids is 1. The van der Waals surface area contributed by atoms with Gasteiger partial charge in [-0.2, -0.15) is 0 Å². The lowest BCUT2D eigenvalue weighted by Crippen LogP contribution is -2.51. The van der Waals surface area contributed by atoms with Crippen LogP contribution < -0.4 is 10.1 Å². The fourth-order valence-electron chi connectivity index (χ4n) is 1.88. The van der Waals surface area contributed by atoms with Crippen LogP contribution >= 0.6 is 0 Å². The maximum atomic E-state index is 12.0. The monoisotopic (exact) mass is 339 g/mol. The zero-order valence-corrected chi connectivity index (χ0v) is 14.7. The lowest BCUT2D eigenvalue weighted by molar-refractivity contribution is -0.144. The van der Waals surface area contributed by atoms with Crippen LogP contribution in [-0.2, 0) is 19.8 Å². The number of hydrogen-bond donors (Lipinski definition) is 2. The van der Waals surface area contributed by atoms with E-state index in [1.807, 2.05) is 0 Å². The van der Waals surface area contributed by atoms with Gasteiger partial charge in [-0.1, -0.05) is 12.1 Å². The average molecular weight is 339 g/mol. The van der Waals surface area contributed by atoms with E-state index < -0.39 is 23.2 Å². The van der Waals surface area contributed by atoms with E-state index in [0.29, 0.717) is 24.5 Å². The zero-order valence-electron chi connectivity index (χ0n) is 14.7. The Balaban J connectivity index is 2.90. The van der Waals surface area contributed by atoms with Crippen molar-refractivity contribution in [3.8, 4) is 5.75 Å². The van der Waals surface area contributed by atoms with Crippen molar-refractivity contribution < 1.29 is 28.9 Å². The normalized spacial score (nSPS) is 13.7. The molecule has 134 valence electrons. The fraction of sp³-hybridized carbons (Fsp3) is 0.529. The molecule has 0 aliphatic heterocycles. The van der Waals surface area contributed by atoms with Crippen molar-refractivity contribution >= 4 is 12.1 Å². The number of rotatable bonds is 7. The first-order chi connectivity index (χ1) is 11.1. The van der Waals surface area contributed by atoms with Gasteiger partial charge in [0.1, 0.15) is 18.0 Å². The molecule has 0 radical (unpaired) electrons. The molecule has 0 bridgehead atoms. The Bertz CT molecular complexity index is 563. The SMILES string of the molecule is COCCOc1ccc(C(C)(NC(=O)OC(C)(C)C)C(=O)O)cc1. The van der Waals surface area contributed by atoms with Crippen molar-refractivity contribution in [3.63, 3.8) is 0 Å². The molecule has 0 fully saturated rings. The Morgan fingerprint density at radius 1 is 1.08 bits per heavy atom. The van der Waals surface area contributed by atoms with E-state index in [2.05, 4.69) is 5.32 Å². The van der Waals surface area contributed by atoms with Crippen LogP contribution in [0.15, 0.2) is 24.3 Å². The van der Waals surface area contributed by atoms with Crippen LogP contribution in [0.2, 0.25) is 0 Å². The lowest BCUT2D eigenvalue weighted by Gasteiger charge is -2.29. The molecule has 0 spiro atoms. The Labute approximate surface area is 141 Å². The van der Waals surface area contributed by atoms with E-state index in [1.54, 1.807) is 52.1 Å². The van der Waals surface area contributed by atoms with Gasteiger partial charge < -0.3 is 24.6 Å². The number of carboxylic acid groups (broad SMARTS) is 1. The molecule has 0 saturated heterocycles. The van der Waals surface area contributed by atoms with Crippen molar-refractivity contribution in [1.82, 2.24) is 5.32 Å². The van der Waals surface area contributed by atoms with Gasteiger partial charge in [-0.3, -0.25) is 0 Å². The summed E-state index contributed by atoms with van der Waals surface area (Å²) in [5.74, 6) is -0.609. The minimum absolute atomic E-state index is 0.391. The molecule has 1 amide bonds. The molecule has 0 saturated carbocycles. The standard InChI is InChI=1S/C17H25NO6/c1-16(2,3)24-15(21)18-17(4,14(19)20)12-6-8-13(9-7-12)23-11-10-22-5/h6-9H,10-11H2,1-5H3,(H,18,21)(H,19,20). The molecule has 7 heteroatoms. The number of alkyl carbamates (subject to hydrolysis) is 1. The molecule has 0 aliphatic carbocycles. The van der Waals surface area contributed by atoms with Gasteiger partial charge in [0.25, 0.3) is 0 Å². The minimum Gasteiger partial charge on any atom is -0.491 e. The first kappa shape index (κ1) is 19.8. The molecule has 1 aromatic rings. The molecule has 1 aromatic carbocycles. The molecule has 1 atom stereocenters. The van der Waals surface area contributed by atoms with E-state index in [-0.39, 0.29) is 0 Å². The van der Waals surface area contributed by atoms with Crippen LogP contribution in [0.3, 0.4) is 0 Å². The van der Waals surface area contributed by atoms with Gasteiger partial charge in [0.05, 0.1) is 6.61 Å². The Morgan fingerprint density at radius 2 is 1.67 bits per heavy atom. The van der Waals surface area contributed by atoms with E-state index in [4.69, 9.17) is 14.2 Å². The number of carbonyl (C=O) groups is 2. The van der Waals surface area contributed by atoms with E-state index in [1.165, 1.54) is 6.92 Å². The molecular weight excluding hydrogens is 314 g/mol. The summed E-state index contributed by atoms with van der Waals surface area (Å²) in [5, 5.41) is 12.0. The van der Waals surface area contributed by atoms with Gasteiger partial charge in [0.2, 0.25) is 0 Å². The van der Waals surface area contributed by atoms with Crippen molar-refractivity contribution in [2.75, 3.05) is 20.3 Å². The van der Waals surface area contributed by atoms with Gasteiger partial charge in [-0.15, -0.1) is 0 Å². The summed E-state index contributed by atoms with van der Waals surface area (Å²) in [6.07, 6.45) is -0.798. The molecular formula is C17H25NO6. The van der Waals surface area contributed by atoms with Crippen LogP contribution in [-0.4, -0.2) is 43.1 Å². The van der Waals surface area contributed by atoms with Gasteiger partial charge in [-0.25, -0.2) is 9.59 Å². The third kappa shape index (κ3) is 5.73. The molecule has 0 heterocycles. The maximum Gasteiger partial charge on any atom is 0.408 e. The number of methoxy groups -OCH3 is 1. The van der Waals surface area contributed by atoms with Crippen molar-refractivity contribution in [1.29, 1.82) is 0 Å². The average Bonchev–Trinajstić information content (AvgIpc) is 2.45. The topological polar surface area (TPSA) is 94.1 Å². The largest absolute Gasteiger partial charge is 0.491 e. The highest BCUT2D eigenvalue weighted by Crippen LogP contribution is 2.24. The third-order valence-corrected chi connectivity index (χ3v) is 3.17. The van der Waals surface area contributed by atoms with Crippen LogP contribution in [0.5, 0.6) is 5.75 Å². The second-order valence-corrected chi connectivity index (χ2v) is 6.42. The summed E-state index contributed by atoms with van der Waals surface area (Å²) in [6.45, 7) is 7.36. The zero-order chi connectivity index (χ0) is 18.4. The van der Waals surface area contributed by atoms with Gasteiger partial charge in [0.15, 0.2) is 5.54 Å².